The molecular formula is C17H21FN4O2. The number of imide groups is 1. The Kier molecular flexibility index (Phi) is 3.97. The predicted molar refractivity (Wildman–Crippen MR) is 86.9 cm³/mol. The molecule has 3 aliphatic heterocycles. The van der Waals surface area contributed by atoms with Crippen LogP contribution in [0.15, 0.2) is 12.1 Å². The minimum absolute atomic E-state index is 0.194. The summed E-state index contributed by atoms with van der Waals surface area (Å²) in [7, 11) is 0. The van der Waals surface area contributed by atoms with E-state index in [0.29, 0.717) is 31.6 Å². The van der Waals surface area contributed by atoms with Crippen LogP contribution in [-0.4, -0.2) is 48.9 Å². The molecule has 2 saturated heterocycles. The van der Waals surface area contributed by atoms with Gasteiger partial charge in [-0.05, 0) is 29.7 Å². The fourth-order valence-corrected chi connectivity index (χ4v) is 3.83. The van der Waals surface area contributed by atoms with Crippen molar-refractivity contribution in [2.24, 2.45) is 0 Å². The highest BCUT2D eigenvalue weighted by Gasteiger charge is 2.35. The average Bonchev–Trinajstić information content (AvgIpc) is 2.97. The van der Waals surface area contributed by atoms with E-state index in [9.17, 15) is 14.0 Å². The molecule has 0 spiro atoms. The first-order valence-corrected chi connectivity index (χ1v) is 8.46. The van der Waals surface area contributed by atoms with Crippen molar-refractivity contribution in [2.45, 2.75) is 32.0 Å². The molecule has 0 saturated carbocycles. The van der Waals surface area contributed by atoms with E-state index in [0.717, 1.165) is 37.3 Å². The van der Waals surface area contributed by atoms with Crippen molar-refractivity contribution in [3.63, 3.8) is 0 Å². The largest absolute Gasteiger partial charge is 0.367 e. The highest BCUT2D eigenvalue weighted by molar-refractivity contribution is 6.00. The fraction of sp³-hybridized carbons (Fsp3) is 0.529. The Morgan fingerprint density at radius 2 is 1.79 bits per heavy atom. The van der Waals surface area contributed by atoms with E-state index in [-0.39, 0.29) is 23.7 Å². The molecule has 24 heavy (non-hydrogen) atoms. The Bertz CT molecular complexity index is 687. The summed E-state index contributed by atoms with van der Waals surface area (Å²) >= 11 is 0. The number of amides is 2. The summed E-state index contributed by atoms with van der Waals surface area (Å²) in [6.07, 6.45) is 0.898. The molecule has 0 aliphatic carbocycles. The van der Waals surface area contributed by atoms with Crippen molar-refractivity contribution in [1.29, 1.82) is 0 Å². The fourth-order valence-electron chi connectivity index (χ4n) is 3.83. The van der Waals surface area contributed by atoms with Crippen LogP contribution in [0.25, 0.3) is 0 Å². The van der Waals surface area contributed by atoms with Gasteiger partial charge in [0.05, 0.1) is 11.7 Å². The first kappa shape index (κ1) is 15.5. The summed E-state index contributed by atoms with van der Waals surface area (Å²) in [6.45, 7) is 4.50. The van der Waals surface area contributed by atoms with Crippen LogP contribution in [-0.2, 0) is 22.7 Å². The number of fused-ring (bicyclic) bond motifs is 1. The van der Waals surface area contributed by atoms with Crippen LogP contribution in [0, 0.1) is 5.82 Å². The minimum Gasteiger partial charge on any atom is -0.367 e. The summed E-state index contributed by atoms with van der Waals surface area (Å²) in [5.74, 6) is -0.636. The van der Waals surface area contributed by atoms with Crippen LogP contribution in [0.3, 0.4) is 0 Å². The second-order valence-electron chi connectivity index (χ2n) is 6.68. The van der Waals surface area contributed by atoms with E-state index < -0.39 is 0 Å². The highest BCUT2D eigenvalue weighted by Crippen LogP contribution is 2.32. The van der Waals surface area contributed by atoms with Gasteiger partial charge < -0.3 is 10.2 Å². The number of benzene rings is 1. The maximum Gasteiger partial charge on any atom is 0.243 e. The topological polar surface area (TPSA) is 64.7 Å². The lowest BCUT2D eigenvalue weighted by Crippen LogP contribution is -2.50. The van der Waals surface area contributed by atoms with Crippen molar-refractivity contribution >= 4 is 17.5 Å². The number of nitrogens with one attached hydrogen (secondary N) is 2. The van der Waals surface area contributed by atoms with Crippen LogP contribution in [0.2, 0.25) is 0 Å². The van der Waals surface area contributed by atoms with Gasteiger partial charge in [-0.3, -0.25) is 19.8 Å². The van der Waals surface area contributed by atoms with Gasteiger partial charge in [0.1, 0.15) is 5.82 Å². The molecule has 0 unspecified atom stereocenters. The monoisotopic (exact) mass is 332 g/mol. The third-order valence-corrected chi connectivity index (χ3v) is 5.12. The van der Waals surface area contributed by atoms with E-state index in [4.69, 9.17) is 0 Å². The van der Waals surface area contributed by atoms with E-state index in [1.165, 1.54) is 0 Å². The molecule has 0 radical (unpaired) electrons. The third kappa shape index (κ3) is 2.78. The first-order valence-electron chi connectivity index (χ1n) is 8.46. The molecule has 1 aromatic rings. The lowest BCUT2D eigenvalue weighted by atomic mass is 10.0. The van der Waals surface area contributed by atoms with Gasteiger partial charge in [0.15, 0.2) is 0 Å². The van der Waals surface area contributed by atoms with Gasteiger partial charge in [0.2, 0.25) is 11.8 Å². The first-order chi connectivity index (χ1) is 11.6. The molecule has 7 heteroatoms. The Labute approximate surface area is 140 Å². The molecule has 2 amide bonds. The van der Waals surface area contributed by atoms with Crippen molar-refractivity contribution < 1.29 is 14.0 Å². The minimum atomic E-state index is -0.305. The van der Waals surface area contributed by atoms with Crippen molar-refractivity contribution in [3.05, 3.63) is 29.1 Å². The Morgan fingerprint density at radius 3 is 2.50 bits per heavy atom. The van der Waals surface area contributed by atoms with Crippen molar-refractivity contribution in [3.8, 4) is 0 Å². The Morgan fingerprint density at radius 1 is 1.08 bits per heavy atom. The molecule has 1 aromatic carbocycles. The molecule has 128 valence electrons. The SMILES string of the molecule is O=C1CC[C@@H](N2Cc3cc(F)c(N4CCNCC4)cc3C2)C(=O)N1. The van der Waals surface area contributed by atoms with Gasteiger partial charge in [-0.1, -0.05) is 0 Å². The number of anilines is 1. The maximum atomic E-state index is 14.5. The smallest absolute Gasteiger partial charge is 0.243 e. The summed E-state index contributed by atoms with van der Waals surface area (Å²) in [5.41, 5.74) is 2.67. The molecule has 1 atom stereocenters. The normalized spacial score (nSPS) is 24.9. The molecule has 6 nitrogen and oxygen atoms in total. The zero-order valence-electron chi connectivity index (χ0n) is 13.5. The molecule has 2 fully saturated rings. The molecule has 0 bridgehead atoms. The Hall–Kier alpha value is -1.99. The second-order valence-corrected chi connectivity index (χ2v) is 6.68. The number of piperidine rings is 1. The average molecular weight is 332 g/mol. The van der Waals surface area contributed by atoms with Crippen molar-refractivity contribution in [2.75, 3.05) is 31.1 Å². The van der Waals surface area contributed by atoms with Crippen LogP contribution in [0.1, 0.15) is 24.0 Å². The molecule has 0 aromatic heterocycles. The van der Waals surface area contributed by atoms with E-state index >= 15 is 0 Å². The van der Waals surface area contributed by atoms with Crippen LogP contribution in [0.4, 0.5) is 10.1 Å². The molecular weight excluding hydrogens is 311 g/mol. The number of carbonyl (C=O) groups is 2. The van der Waals surface area contributed by atoms with Gasteiger partial charge in [-0.2, -0.15) is 0 Å². The van der Waals surface area contributed by atoms with Gasteiger partial charge >= 0.3 is 0 Å². The van der Waals surface area contributed by atoms with Gasteiger partial charge in [0.25, 0.3) is 0 Å². The maximum absolute atomic E-state index is 14.5. The van der Waals surface area contributed by atoms with E-state index in [2.05, 4.69) is 15.5 Å². The number of rotatable bonds is 2. The number of hydrogen-bond acceptors (Lipinski definition) is 5. The van der Waals surface area contributed by atoms with E-state index in [1.54, 1.807) is 6.07 Å². The second kappa shape index (κ2) is 6.14. The number of hydrogen-bond donors (Lipinski definition) is 2. The van der Waals surface area contributed by atoms with Gasteiger partial charge in [0, 0.05) is 45.7 Å². The van der Waals surface area contributed by atoms with Crippen LogP contribution >= 0.6 is 0 Å². The van der Waals surface area contributed by atoms with Crippen LogP contribution < -0.4 is 15.5 Å². The zero-order valence-corrected chi connectivity index (χ0v) is 13.5. The molecule has 3 heterocycles. The zero-order chi connectivity index (χ0) is 16.7. The van der Waals surface area contributed by atoms with Gasteiger partial charge in [-0.15, -0.1) is 0 Å². The Balaban J connectivity index is 1.54. The van der Waals surface area contributed by atoms with E-state index in [1.807, 2.05) is 11.0 Å². The third-order valence-electron chi connectivity index (χ3n) is 5.12. The number of carbonyl (C=O) groups excluding carboxylic acids is 2. The summed E-state index contributed by atoms with van der Waals surface area (Å²) in [6, 6.07) is 3.24. The van der Waals surface area contributed by atoms with Crippen molar-refractivity contribution in [1.82, 2.24) is 15.5 Å². The number of halogens is 1. The molecule has 3 aliphatic rings. The number of nitrogens with zero attached hydrogens (tertiary/aromatic N) is 2. The quantitative estimate of drug-likeness (QED) is 0.766. The lowest BCUT2D eigenvalue weighted by Gasteiger charge is -2.30. The molecule has 2 N–H and O–H groups in total. The molecule has 4 rings (SSSR count). The van der Waals surface area contributed by atoms with Crippen LogP contribution in [0.5, 0.6) is 0 Å². The summed E-state index contributed by atoms with van der Waals surface area (Å²) in [5, 5.41) is 5.67. The standard InChI is InChI=1S/C17H21FN4O2/c18-13-7-11-9-22(14-1-2-16(23)20-17(14)24)10-12(11)8-15(13)21-5-3-19-4-6-21/h7-8,14,19H,1-6,9-10H2,(H,20,23,24)/t14-/m1/s1. The number of piperazine rings is 1. The lowest BCUT2D eigenvalue weighted by molar-refractivity contribution is -0.137. The predicted octanol–water partition coefficient (Wildman–Crippen LogP) is 0.356. The van der Waals surface area contributed by atoms with Gasteiger partial charge in [-0.25, -0.2) is 4.39 Å². The highest BCUT2D eigenvalue weighted by atomic mass is 19.1. The summed E-state index contributed by atoms with van der Waals surface area (Å²) in [4.78, 5) is 27.5. The summed E-state index contributed by atoms with van der Waals surface area (Å²) < 4.78 is 14.5.